The Balaban J connectivity index is 2.11. The normalized spacial score (nSPS) is 12.2. The average molecular weight is 379 g/mol. The third kappa shape index (κ3) is 5.17. The minimum Gasteiger partial charge on any atom is -0.349 e. The van der Waals surface area contributed by atoms with Crippen LogP contribution in [0.2, 0.25) is 5.02 Å². The molecule has 2 rings (SSSR count). The zero-order valence-corrected chi connectivity index (χ0v) is 16.5. The maximum Gasteiger partial charge on any atom is 0.271 e. The van der Waals surface area contributed by atoms with Crippen molar-refractivity contribution in [2.24, 2.45) is 0 Å². The number of carbonyl (C=O) groups excluding carboxylic acids is 1. The van der Waals surface area contributed by atoms with Crippen LogP contribution in [-0.2, 0) is 6.42 Å². The Bertz CT molecular complexity index is 722. The van der Waals surface area contributed by atoms with E-state index in [-0.39, 0.29) is 22.7 Å². The first kappa shape index (κ1) is 19.7. The highest BCUT2D eigenvalue weighted by atomic mass is 35.5. The van der Waals surface area contributed by atoms with Crippen molar-refractivity contribution >= 4 is 29.3 Å². The van der Waals surface area contributed by atoms with Crippen molar-refractivity contribution in [1.29, 1.82) is 0 Å². The van der Waals surface area contributed by atoms with Gasteiger partial charge >= 0.3 is 0 Å². The molecule has 0 bridgehead atoms. The van der Waals surface area contributed by atoms with Crippen LogP contribution < -0.4 is 5.32 Å². The summed E-state index contributed by atoms with van der Waals surface area (Å²) in [5.74, 6) is -0.292. The number of nitrogens with one attached hydrogen (secondary N) is 1. The molecular weight excluding hydrogens is 356 g/mol. The number of nitrogens with zero attached hydrogens (tertiary/aromatic N) is 3. The van der Waals surface area contributed by atoms with Gasteiger partial charge in [0.05, 0.1) is 17.3 Å². The van der Waals surface area contributed by atoms with E-state index in [4.69, 9.17) is 11.6 Å². The molecule has 0 radical (unpaired) electrons. The molecule has 0 saturated heterocycles. The summed E-state index contributed by atoms with van der Waals surface area (Å²) >= 11 is 7.44. The van der Waals surface area contributed by atoms with E-state index in [0.29, 0.717) is 11.7 Å². The highest BCUT2D eigenvalue weighted by molar-refractivity contribution is 7.98. The molecule has 1 heterocycles. The molecule has 1 aromatic carbocycles. The quantitative estimate of drug-likeness (QED) is 0.590. The van der Waals surface area contributed by atoms with E-state index >= 15 is 0 Å². The number of rotatable bonds is 7. The van der Waals surface area contributed by atoms with Gasteiger partial charge in [-0.15, -0.1) is 0 Å². The lowest BCUT2D eigenvalue weighted by molar-refractivity contribution is 0.0936. The van der Waals surface area contributed by atoms with E-state index in [1.165, 1.54) is 23.5 Å². The molecule has 25 heavy (non-hydrogen) atoms. The van der Waals surface area contributed by atoms with Gasteiger partial charge in [0.15, 0.2) is 10.9 Å². The lowest BCUT2D eigenvalue weighted by Crippen LogP contribution is -2.35. The number of amides is 1. The number of halogens is 1. The summed E-state index contributed by atoms with van der Waals surface area (Å²) in [6, 6.07) is 8.54. The number of benzene rings is 1. The van der Waals surface area contributed by atoms with Crippen molar-refractivity contribution in [3.63, 3.8) is 0 Å². The summed E-state index contributed by atoms with van der Waals surface area (Å²) in [5.41, 5.74) is 2.66. The molecule has 0 fully saturated rings. The Labute approximate surface area is 158 Å². The van der Waals surface area contributed by atoms with Crippen LogP contribution in [0.25, 0.3) is 0 Å². The van der Waals surface area contributed by atoms with E-state index in [1.807, 2.05) is 20.4 Å². The minimum atomic E-state index is -0.292. The summed E-state index contributed by atoms with van der Waals surface area (Å²) in [5, 5.41) is 3.71. The van der Waals surface area contributed by atoms with Gasteiger partial charge in [0.25, 0.3) is 5.91 Å². The summed E-state index contributed by atoms with van der Waals surface area (Å²) in [6.07, 6.45) is 4.32. The van der Waals surface area contributed by atoms with E-state index in [1.54, 1.807) is 0 Å². The van der Waals surface area contributed by atoms with Gasteiger partial charge < -0.3 is 10.2 Å². The molecule has 0 saturated carbocycles. The number of aryl methyl sites for hydroxylation is 1. The molecule has 1 unspecified atom stereocenters. The Hall–Kier alpha value is -1.63. The average Bonchev–Trinajstić information content (AvgIpc) is 2.62. The second-order valence-corrected chi connectivity index (χ2v) is 7.02. The second-order valence-electron chi connectivity index (χ2n) is 5.84. The fourth-order valence-electron chi connectivity index (χ4n) is 2.46. The molecule has 0 aliphatic carbocycles. The van der Waals surface area contributed by atoms with Crippen LogP contribution in [0.1, 0.15) is 34.6 Å². The molecule has 1 amide bonds. The minimum absolute atomic E-state index is 0.0653. The first-order valence-electron chi connectivity index (χ1n) is 8.06. The summed E-state index contributed by atoms with van der Waals surface area (Å²) < 4.78 is 0. The molecular formula is C18H23ClN4OS. The van der Waals surface area contributed by atoms with Gasteiger partial charge in [-0.25, -0.2) is 9.97 Å². The lowest BCUT2D eigenvalue weighted by Gasteiger charge is -2.25. The van der Waals surface area contributed by atoms with Gasteiger partial charge in [0.2, 0.25) is 0 Å². The Kier molecular flexibility index (Phi) is 7.23. The molecule has 5 nitrogen and oxygen atoms in total. The number of likely N-dealkylation sites (N-methyl/N-ethyl adjacent to an activating group) is 1. The SMILES string of the molecule is CCc1ccc(C(CNC(=O)c2nc(SC)ncc2Cl)N(C)C)cc1. The number of aromatic nitrogens is 2. The molecule has 1 atom stereocenters. The van der Waals surface area contributed by atoms with Gasteiger partial charge in [-0.3, -0.25) is 4.79 Å². The zero-order valence-electron chi connectivity index (χ0n) is 14.9. The third-order valence-corrected chi connectivity index (χ3v) is 4.81. The standard InChI is InChI=1S/C18H23ClN4OS/c1-5-12-6-8-13(9-7-12)15(23(2)3)11-20-17(24)16-14(19)10-21-18(22-16)25-4/h6-10,15H,5,11H2,1-4H3,(H,20,24). The van der Waals surface area contributed by atoms with Crippen molar-refractivity contribution < 1.29 is 4.79 Å². The highest BCUT2D eigenvalue weighted by Gasteiger charge is 2.18. The molecule has 1 N–H and O–H groups in total. The summed E-state index contributed by atoms with van der Waals surface area (Å²) in [6.45, 7) is 2.60. The van der Waals surface area contributed by atoms with Crippen LogP contribution in [0.3, 0.4) is 0 Å². The predicted octanol–water partition coefficient (Wildman–Crippen LogP) is 3.45. The molecule has 2 aromatic rings. The fourth-order valence-corrected chi connectivity index (χ4v) is 2.97. The molecule has 1 aromatic heterocycles. The van der Waals surface area contributed by atoms with Crippen LogP contribution in [-0.4, -0.2) is 47.7 Å². The van der Waals surface area contributed by atoms with Crippen LogP contribution in [0.15, 0.2) is 35.6 Å². The second kappa shape index (κ2) is 9.17. The molecule has 134 valence electrons. The van der Waals surface area contributed by atoms with Crippen molar-refractivity contribution in [3.05, 3.63) is 52.3 Å². The van der Waals surface area contributed by atoms with Gasteiger partial charge in [-0.05, 0) is 37.9 Å². The van der Waals surface area contributed by atoms with Crippen LogP contribution in [0.4, 0.5) is 0 Å². The van der Waals surface area contributed by atoms with Gasteiger partial charge in [-0.2, -0.15) is 0 Å². The predicted molar refractivity (Wildman–Crippen MR) is 103 cm³/mol. The van der Waals surface area contributed by atoms with E-state index < -0.39 is 0 Å². The third-order valence-electron chi connectivity index (χ3n) is 3.97. The maximum atomic E-state index is 12.5. The number of hydrogen-bond acceptors (Lipinski definition) is 5. The lowest BCUT2D eigenvalue weighted by atomic mass is 10.0. The van der Waals surface area contributed by atoms with Gasteiger partial charge in [0, 0.05) is 6.54 Å². The Morgan fingerprint density at radius 3 is 2.56 bits per heavy atom. The molecule has 0 spiro atoms. The largest absolute Gasteiger partial charge is 0.349 e. The molecule has 0 aliphatic rings. The molecule has 7 heteroatoms. The van der Waals surface area contributed by atoms with Crippen molar-refractivity contribution in [1.82, 2.24) is 20.2 Å². The summed E-state index contributed by atoms with van der Waals surface area (Å²) in [7, 11) is 3.99. The number of hydrogen-bond donors (Lipinski definition) is 1. The van der Waals surface area contributed by atoms with Crippen LogP contribution >= 0.6 is 23.4 Å². The van der Waals surface area contributed by atoms with Crippen molar-refractivity contribution in [2.45, 2.75) is 24.5 Å². The Morgan fingerprint density at radius 1 is 1.32 bits per heavy atom. The summed E-state index contributed by atoms with van der Waals surface area (Å²) in [4.78, 5) is 22.8. The topological polar surface area (TPSA) is 58.1 Å². The monoisotopic (exact) mass is 378 g/mol. The van der Waals surface area contributed by atoms with Crippen LogP contribution in [0, 0.1) is 0 Å². The van der Waals surface area contributed by atoms with E-state index in [0.717, 1.165) is 12.0 Å². The van der Waals surface area contributed by atoms with E-state index in [9.17, 15) is 4.79 Å². The zero-order chi connectivity index (χ0) is 18.4. The first-order valence-corrected chi connectivity index (χ1v) is 9.66. The Morgan fingerprint density at radius 2 is 2.00 bits per heavy atom. The van der Waals surface area contributed by atoms with Gasteiger partial charge in [-0.1, -0.05) is 54.6 Å². The van der Waals surface area contributed by atoms with Crippen molar-refractivity contribution in [3.8, 4) is 0 Å². The molecule has 0 aliphatic heterocycles. The first-order chi connectivity index (χ1) is 12.0. The van der Waals surface area contributed by atoms with Crippen LogP contribution in [0.5, 0.6) is 0 Å². The smallest absolute Gasteiger partial charge is 0.271 e. The maximum absolute atomic E-state index is 12.5. The number of carbonyl (C=O) groups is 1. The van der Waals surface area contributed by atoms with E-state index in [2.05, 4.69) is 51.4 Å². The van der Waals surface area contributed by atoms with Gasteiger partial charge in [0.1, 0.15) is 0 Å². The fraction of sp³-hybridized carbons (Fsp3) is 0.389. The number of thioether (sulfide) groups is 1. The highest BCUT2D eigenvalue weighted by Crippen LogP contribution is 2.20. The van der Waals surface area contributed by atoms with Crippen molar-refractivity contribution in [2.75, 3.05) is 26.9 Å².